The van der Waals surface area contributed by atoms with Crippen molar-refractivity contribution >= 4 is 58.0 Å². The fourth-order valence-electron chi connectivity index (χ4n) is 1.82. The zero-order chi connectivity index (χ0) is 21.5. The topological polar surface area (TPSA) is 201 Å². The third kappa shape index (κ3) is 10.6. The fraction of sp³-hybridized carbons (Fsp3) is 0.143. The van der Waals surface area contributed by atoms with Gasteiger partial charge in [0.05, 0.1) is 9.79 Å². The number of nitrogens with zero attached hydrogens (tertiary/aromatic N) is 2. The Labute approximate surface area is 195 Å². The van der Waals surface area contributed by atoms with Crippen molar-refractivity contribution in [1.82, 2.24) is 0 Å². The van der Waals surface area contributed by atoms with Gasteiger partial charge in [0.1, 0.15) is 20.2 Å². The van der Waals surface area contributed by atoms with Gasteiger partial charge in [0, 0.05) is 21.0 Å². The van der Waals surface area contributed by atoms with Crippen LogP contribution < -0.4 is 0 Å². The summed E-state index contributed by atoms with van der Waals surface area (Å²) in [5, 5.41) is 20.2. The molecule has 0 saturated heterocycles. The van der Waals surface area contributed by atoms with Gasteiger partial charge in [0.2, 0.25) is 13.1 Å². The van der Waals surface area contributed by atoms with Crippen LogP contribution in [0.5, 0.6) is 0 Å². The molecule has 0 saturated carbocycles. The molecule has 0 aromatic heterocycles. The maximum absolute atomic E-state index is 10.5. The Morgan fingerprint density at radius 1 is 0.621 bits per heavy atom. The molecule has 0 unspecified atom stereocenters. The molecule has 0 heterocycles. The molecule has 29 heavy (non-hydrogen) atoms. The van der Waals surface area contributed by atoms with E-state index in [2.05, 4.69) is 0 Å². The van der Waals surface area contributed by atoms with Crippen molar-refractivity contribution in [2.75, 3.05) is 0 Å². The van der Waals surface area contributed by atoms with Crippen molar-refractivity contribution in [1.29, 1.82) is 0 Å². The standard InChI is InChI=1S/2C7H7NO5S.Ca/c2*9-8(10)5-6-1-3-7(4-2-6)14(11,12)13;/h2*1-4H,5H2,(H,11,12,13);/q;;+2/p-2. The van der Waals surface area contributed by atoms with Crippen LogP contribution >= 0.6 is 0 Å². The minimum atomic E-state index is -4.47. The fourth-order valence-corrected chi connectivity index (χ4v) is 2.76. The summed E-state index contributed by atoms with van der Waals surface area (Å²) >= 11 is 0. The predicted molar refractivity (Wildman–Crippen MR) is 96.0 cm³/mol. The molecule has 152 valence electrons. The van der Waals surface area contributed by atoms with E-state index in [1.807, 2.05) is 0 Å². The molecule has 2 aromatic carbocycles. The molecular formula is C14H12CaN2O10S2. The number of rotatable bonds is 6. The van der Waals surface area contributed by atoms with Crippen LogP contribution in [0.1, 0.15) is 11.1 Å². The summed E-state index contributed by atoms with van der Waals surface area (Å²) in [6.45, 7) is -0.779. The first-order valence-corrected chi connectivity index (χ1v) is 9.94. The van der Waals surface area contributed by atoms with Crippen molar-refractivity contribution in [2.45, 2.75) is 22.9 Å². The third-order valence-corrected chi connectivity index (χ3v) is 4.75. The molecule has 0 N–H and O–H groups in total. The Balaban J connectivity index is 0.000000523. The molecule has 0 aliphatic rings. The molecule has 15 heteroatoms. The molecule has 0 amide bonds. The monoisotopic (exact) mass is 472 g/mol. The Bertz CT molecular complexity index is 965. The molecule has 0 aliphatic carbocycles. The summed E-state index contributed by atoms with van der Waals surface area (Å²) in [7, 11) is -8.94. The van der Waals surface area contributed by atoms with Crippen molar-refractivity contribution in [2.24, 2.45) is 0 Å². The van der Waals surface area contributed by atoms with E-state index in [0.717, 1.165) is 24.3 Å². The minimum Gasteiger partial charge on any atom is -0.744 e. The van der Waals surface area contributed by atoms with Gasteiger partial charge in [0.25, 0.3) is 0 Å². The van der Waals surface area contributed by atoms with Crippen molar-refractivity contribution in [3.8, 4) is 0 Å². The van der Waals surface area contributed by atoms with E-state index in [0.29, 0.717) is 11.1 Å². The van der Waals surface area contributed by atoms with Crippen LogP contribution in [0.4, 0.5) is 0 Å². The molecule has 2 rings (SSSR count). The summed E-state index contributed by atoms with van der Waals surface area (Å²) in [6, 6.07) is 9.20. The molecule has 12 nitrogen and oxygen atoms in total. The molecular weight excluding hydrogens is 460 g/mol. The maximum atomic E-state index is 10.5. The summed E-state index contributed by atoms with van der Waals surface area (Å²) in [6.07, 6.45) is 0. The smallest absolute Gasteiger partial charge is 0.744 e. The Morgan fingerprint density at radius 3 is 1.03 bits per heavy atom. The zero-order valence-electron chi connectivity index (χ0n) is 14.5. The average Bonchev–Trinajstić information content (AvgIpc) is 2.53. The number of hydrogen-bond acceptors (Lipinski definition) is 10. The first-order chi connectivity index (χ1) is 12.8. The quantitative estimate of drug-likeness (QED) is 0.244. The van der Waals surface area contributed by atoms with E-state index in [-0.39, 0.29) is 60.6 Å². The van der Waals surface area contributed by atoms with E-state index >= 15 is 0 Å². The van der Waals surface area contributed by atoms with Crippen LogP contribution in [0.3, 0.4) is 0 Å². The van der Waals surface area contributed by atoms with Crippen LogP contribution in [0.2, 0.25) is 0 Å². The molecule has 0 aliphatic heterocycles. The molecule has 0 atom stereocenters. The molecule has 0 fully saturated rings. The third-order valence-electron chi connectivity index (χ3n) is 3.05. The summed E-state index contributed by atoms with van der Waals surface area (Å²) < 4.78 is 62.9. The zero-order valence-corrected chi connectivity index (χ0v) is 18.4. The van der Waals surface area contributed by atoms with E-state index in [9.17, 15) is 46.2 Å². The summed E-state index contributed by atoms with van der Waals surface area (Å²) in [5.41, 5.74) is 0.699. The van der Waals surface area contributed by atoms with Gasteiger partial charge in [-0.15, -0.1) is 0 Å². The normalized spacial score (nSPS) is 10.8. The van der Waals surface area contributed by atoms with Gasteiger partial charge < -0.3 is 9.11 Å². The second kappa shape index (κ2) is 11.5. The van der Waals surface area contributed by atoms with Gasteiger partial charge in [-0.05, 0) is 24.3 Å². The second-order valence-electron chi connectivity index (χ2n) is 5.18. The van der Waals surface area contributed by atoms with E-state index < -0.39 is 30.1 Å². The van der Waals surface area contributed by atoms with E-state index in [1.54, 1.807) is 0 Å². The van der Waals surface area contributed by atoms with Crippen LogP contribution in [0.25, 0.3) is 0 Å². The van der Waals surface area contributed by atoms with Crippen LogP contribution in [-0.4, -0.2) is 73.5 Å². The van der Waals surface area contributed by atoms with Gasteiger partial charge in [0.15, 0.2) is 0 Å². The van der Waals surface area contributed by atoms with Gasteiger partial charge in [-0.1, -0.05) is 24.3 Å². The van der Waals surface area contributed by atoms with Crippen LogP contribution in [0, 0.1) is 20.2 Å². The van der Waals surface area contributed by atoms with E-state index in [4.69, 9.17) is 0 Å². The summed E-state index contributed by atoms with van der Waals surface area (Å²) in [5.74, 6) is 0. The predicted octanol–water partition coefficient (Wildman–Crippen LogP) is 0.354. The maximum Gasteiger partial charge on any atom is 2.00 e. The first kappa shape index (κ1) is 27.3. The number of hydrogen-bond donors (Lipinski definition) is 0. The van der Waals surface area contributed by atoms with Crippen LogP contribution in [-0.2, 0) is 33.3 Å². The van der Waals surface area contributed by atoms with E-state index in [1.165, 1.54) is 24.3 Å². The van der Waals surface area contributed by atoms with Crippen molar-refractivity contribution in [3.05, 3.63) is 79.9 Å². The average molecular weight is 472 g/mol. The molecule has 0 bridgehead atoms. The number of benzene rings is 2. The molecule has 2 aromatic rings. The Morgan fingerprint density at radius 2 is 0.862 bits per heavy atom. The van der Waals surface area contributed by atoms with Crippen LogP contribution in [0.15, 0.2) is 58.3 Å². The largest absolute Gasteiger partial charge is 2.00 e. The van der Waals surface area contributed by atoms with Gasteiger partial charge in [-0.2, -0.15) is 0 Å². The second-order valence-corrected chi connectivity index (χ2v) is 7.94. The molecule has 0 radical (unpaired) electrons. The Kier molecular flexibility index (Phi) is 10.8. The Hall–Kier alpha value is -1.68. The molecule has 0 spiro atoms. The van der Waals surface area contributed by atoms with Crippen molar-refractivity contribution < 1.29 is 35.8 Å². The first-order valence-electron chi connectivity index (χ1n) is 7.12. The van der Waals surface area contributed by atoms with Gasteiger partial charge >= 0.3 is 37.7 Å². The minimum absolute atomic E-state index is 0. The SMILES string of the molecule is O=[N+]([O-])Cc1ccc(S(=O)(=O)[O-])cc1.O=[N+]([O-])Cc1ccc(S(=O)(=O)[O-])cc1.[Ca+2]. The summed E-state index contributed by atoms with van der Waals surface area (Å²) in [4.78, 5) is 18.3. The van der Waals surface area contributed by atoms with Gasteiger partial charge in [-0.25, -0.2) is 16.8 Å². The van der Waals surface area contributed by atoms with Gasteiger partial charge in [-0.3, -0.25) is 20.2 Å². The number of nitro groups is 2. The van der Waals surface area contributed by atoms with Crippen molar-refractivity contribution in [3.63, 3.8) is 0 Å².